The topological polar surface area (TPSA) is 115 Å². The van der Waals surface area contributed by atoms with Crippen LogP contribution in [0, 0.1) is 11.2 Å². The minimum absolute atomic E-state index is 0. The van der Waals surface area contributed by atoms with E-state index < -0.39 is 33.5 Å². The van der Waals surface area contributed by atoms with Crippen molar-refractivity contribution in [1.29, 1.82) is 0 Å². The van der Waals surface area contributed by atoms with E-state index in [9.17, 15) is 27.0 Å². The van der Waals surface area contributed by atoms with E-state index in [1.165, 1.54) is 12.1 Å². The van der Waals surface area contributed by atoms with Gasteiger partial charge in [0.2, 0.25) is 5.91 Å². The maximum atomic E-state index is 13.8. The van der Waals surface area contributed by atoms with Gasteiger partial charge in [-0.15, -0.1) is 0 Å². The molecule has 47 heavy (non-hydrogen) atoms. The molecule has 0 aliphatic carbocycles. The molecular weight excluding hydrogens is 650 g/mol. The van der Waals surface area contributed by atoms with Gasteiger partial charge in [0, 0.05) is 23.4 Å². The van der Waals surface area contributed by atoms with Crippen LogP contribution in [-0.4, -0.2) is 37.1 Å². The number of carbonyl (C=O) groups is 2. The Labute approximate surface area is 302 Å². The average Bonchev–Trinajstić information content (AvgIpc) is 2.99. The molecule has 0 aliphatic rings. The number of benzene rings is 4. The maximum Gasteiger partial charge on any atom is 1.00 e. The molecule has 0 spiro atoms. The van der Waals surface area contributed by atoms with Gasteiger partial charge in [-0.2, -0.15) is 0 Å². The quantitative estimate of drug-likeness (QED) is 0.179. The first kappa shape index (κ1) is 38.1. The zero-order valence-corrected chi connectivity index (χ0v) is 30.3. The van der Waals surface area contributed by atoms with E-state index in [2.05, 4.69) is 37.5 Å². The van der Waals surface area contributed by atoms with Crippen molar-refractivity contribution in [2.75, 3.05) is 17.6 Å². The van der Waals surface area contributed by atoms with E-state index in [4.69, 9.17) is 11.6 Å². The molecule has 240 valence electrons. The molecular formula is C36H35ClFN2NaO5S. The third-order valence-corrected chi connectivity index (χ3v) is 8.14. The summed E-state index contributed by atoms with van der Waals surface area (Å²) in [6, 6.07) is 25.8. The summed E-state index contributed by atoms with van der Waals surface area (Å²) in [7, 11) is -4.43. The van der Waals surface area contributed by atoms with E-state index in [1.807, 2.05) is 30.3 Å². The molecule has 2 N–H and O–H groups in total. The van der Waals surface area contributed by atoms with Crippen LogP contribution in [0.15, 0.2) is 97.1 Å². The number of rotatable bonds is 11. The molecule has 1 atom stereocenters. The third kappa shape index (κ3) is 12.0. The smallest absolute Gasteiger partial charge is 0.748 e. The molecule has 4 aromatic carbocycles. The summed E-state index contributed by atoms with van der Waals surface area (Å²) in [6.07, 6.45) is 4.50. The number of hydrogen-bond acceptors (Lipinski definition) is 5. The van der Waals surface area contributed by atoms with Crippen molar-refractivity contribution in [2.45, 2.75) is 33.1 Å². The zero-order valence-electron chi connectivity index (χ0n) is 26.7. The zero-order chi connectivity index (χ0) is 33.5. The molecule has 4 aromatic rings. The second kappa shape index (κ2) is 16.7. The number of halogens is 2. The van der Waals surface area contributed by atoms with E-state index in [0.717, 1.165) is 22.3 Å². The minimum Gasteiger partial charge on any atom is -0.748 e. The van der Waals surface area contributed by atoms with Gasteiger partial charge in [0.1, 0.15) is 5.82 Å². The first-order valence-electron chi connectivity index (χ1n) is 14.6. The fourth-order valence-electron chi connectivity index (χ4n) is 4.65. The monoisotopic (exact) mass is 684 g/mol. The van der Waals surface area contributed by atoms with Crippen LogP contribution in [0.4, 0.5) is 10.1 Å². The number of carbonyl (C=O) groups excluding carboxylic acids is 2. The van der Waals surface area contributed by atoms with Crippen LogP contribution in [0.3, 0.4) is 0 Å². The van der Waals surface area contributed by atoms with Gasteiger partial charge >= 0.3 is 29.6 Å². The summed E-state index contributed by atoms with van der Waals surface area (Å²) in [5.74, 6) is -2.43. The number of allylic oxidation sites excluding steroid dienone is 1. The van der Waals surface area contributed by atoms with Gasteiger partial charge in [0.05, 0.1) is 26.8 Å². The summed E-state index contributed by atoms with van der Waals surface area (Å²) in [5, 5.41) is 5.71. The summed E-state index contributed by atoms with van der Waals surface area (Å²) in [4.78, 5) is 26.1. The fourth-order valence-corrected chi connectivity index (χ4v) is 5.28. The van der Waals surface area contributed by atoms with Crippen molar-refractivity contribution < 1.29 is 56.5 Å². The fraction of sp³-hybridized carbons (Fsp3) is 0.222. The Kier molecular flexibility index (Phi) is 13.5. The molecule has 0 saturated carbocycles. The number of amides is 2. The Morgan fingerprint density at radius 3 is 2.15 bits per heavy atom. The van der Waals surface area contributed by atoms with Crippen LogP contribution in [0.5, 0.6) is 0 Å². The summed E-state index contributed by atoms with van der Waals surface area (Å²) >= 11 is 6.22. The van der Waals surface area contributed by atoms with Crippen molar-refractivity contribution in [1.82, 2.24) is 5.32 Å². The van der Waals surface area contributed by atoms with Gasteiger partial charge in [-0.25, -0.2) is 12.8 Å². The third-order valence-electron chi connectivity index (χ3n) is 7.12. The average molecular weight is 685 g/mol. The second-order valence-corrected chi connectivity index (χ2v) is 14.0. The number of nitrogens with one attached hydrogen (secondary N) is 2. The maximum absolute atomic E-state index is 13.8. The predicted molar refractivity (Wildman–Crippen MR) is 180 cm³/mol. The van der Waals surface area contributed by atoms with Gasteiger partial charge in [-0.05, 0) is 76.6 Å². The van der Waals surface area contributed by atoms with E-state index >= 15 is 0 Å². The van der Waals surface area contributed by atoms with Gasteiger partial charge in [0.15, 0.2) is 0 Å². The molecule has 0 aliphatic heterocycles. The number of anilines is 1. The Morgan fingerprint density at radius 1 is 0.936 bits per heavy atom. The Morgan fingerprint density at radius 2 is 1.57 bits per heavy atom. The summed E-state index contributed by atoms with van der Waals surface area (Å²) in [5.41, 5.74) is 4.96. The Hall–Kier alpha value is -3.31. The first-order valence-corrected chi connectivity index (χ1v) is 16.6. The van der Waals surface area contributed by atoms with E-state index in [0.29, 0.717) is 23.2 Å². The van der Waals surface area contributed by atoms with Crippen molar-refractivity contribution in [3.05, 3.63) is 130 Å². The van der Waals surface area contributed by atoms with Crippen LogP contribution in [0.25, 0.3) is 17.2 Å². The molecule has 0 bridgehead atoms. The molecule has 0 heterocycles. The van der Waals surface area contributed by atoms with E-state index in [1.54, 1.807) is 54.6 Å². The van der Waals surface area contributed by atoms with Crippen LogP contribution >= 0.6 is 11.6 Å². The predicted octanol–water partition coefficient (Wildman–Crippen LogP) is 4.45. The Bertz CT molecular complexity index is 1820. The molecule has 11 heteroatoms. The first-order chi connectivity index (χ1) is 21.7. The minimum atomic E-state index is -4.43. The van der Waals surface area contributed by atoms with Crippen molar-refractivity contribution >= 4 is 45.3 Å². The van der Waals surface area contributed by atoms with Gasteiger partial charge in [-0.1, -0.05) is 93.1 Å². The van der Waals surface area contributed by atoms with Gasteiger partial charge < -0.3 is 15.2 Å². The SMILES string of the molecule is CC(C)(C)/C=C/c1ccc(C(Cc2ccc(C(=O)NCCS(=O)(=O)[O-])cc2)C(=O)Nc2ccc(-c3ccc(F)cc3Cl)cc2)cc1.[Na+]. The molecule has 4 rings (SSSR count). The Balaban J connectivity index is 0.00000600. The van der Waals surface area contributed by atoms with Crippen molar-refractivity contribution in [3.63, 3.8) is 0 Å². The normalized spacial score (nSPS) is 12.3. The summed E-state index contributed by atoms with van der Waals surface area (Å²) < 4.78 is 45.9. The van der Waals surface area contributed by atoms with Crippen LogP contribution in [0.1, 0.15) is 53.7 Å². The van der Waals surface area contributed by atoms with Crippen molar-refractivity contribution in [3.8, 4) is 11.1 Å². The standard InChI is InChI=1S/C36H36ClFN2O5S.Na/c1-36(2,3)19-18-24-4-8-27(9-5-24)32(22-25-6-10-28(11-7-25)34(41)39-20-21-46(43,44)45)35(42)40-30-15-12-26(13-16-30)31-17-14-29(38)23-33(31)37;/h4-19,23,32H,20-22H2,1-3H3,(H,39,41)(H,40,42)(H,43,44,45);/q;+1/p-1/b19-18+;. The van der Waals surface area contributed by atoms with Crippen LogP contribution in [0.2, 0.25) is 5.02 Å². The largest absolute Gasteiger partial charge is 1.00 e. The summed E-state index contributed by atoms with van der Waals surface area (Å²) in [6.45, 7) is 6.06. The van der Waals surface area contributed by atoms with E-state index in [-0.39, 0.29) is 52.4 Å². The van der Waals surface area contributed by atoms with Crippen LogP contribution in [-0.2, 0) is 21.3 Å². The molecule has 0 saturated heterocycles. The second-order valence-electron chi connectivity index (χ2n) is 12.0. The molecule has 0 aromatic heterocycles. The van der Waals surface area contributed by atoms with Crippen molar-refractivity contribution in [2.24, 2.45) is 5.41 Å². The van der Waals surface area contributed by atoms with Gasteiger partial charge in [0.25, 0.3) is 5.91 Å². The molecule has 0 fully saturated rings. The molecule has 1 unspecified atom stereocenters. The molecule has 0 radical (unpaired) electrons. The molecule has 7 nitrogen and oxygen atoms in total. The van der Waals surface area contributed by atoms with Crippen LogP contribution < -0.4 is 40.2 Å². The number of hydrogen-bond donors (Lipinski definition) is 2. The van der Waals surface area contributed by atoms with Gasteiger partial charge in [-0.3, -0.25) is 9.59 Å². The molecule has 2 amide bonds.